The van der Waals surface area contributed by atoms with Gasteiger partial charge in [0.2, 0.25) is 0 Å². The van der Waals surface area contributed by atoms with Gasteiger partial charge in [-0.2, -0.15) is 0 Å². The predicted octanol–water partition coefficient (Wildman–Crippen LogP) is 5.00. The van der Waals surface area contributed by atoms with E-state index in [9.17, 15) is 0 Å². The molecule has 0 unspecified atom stereocenters. The van der Waals surface area contributed by atoms with Gasteiger partial charge in [-0.25, -0.2) is 0 Å². The summed E-state index contributed by atoms with van der Waals surface area (Å²) in [5, 5.41) is 1.40. The molecule has 2 rings (SSSR count). The van der Waals surface area contributed by atoms with Crippen LogP contribution in [0.5, 0.6) is 0 Å². The average molecular weight is 243 g/mol. The van der Waals surface area contributed by atoms with Gasteiger partial charge in [-0.1, -0.05) is 39.0 Å². The van der Waals surface area contributed by atoms with Crippen molar-refractivity contribution in [2.45, 2.75) is 59.4 Å². The Labute approximate surface area is 111 Å². The van der Waals surface area contributed by atoms with Crippen LogP contribution in [0.4, 0.5) is 0 Å². The largest absolute Gasteiger partial charge is 0.339 e. The molecule has 0 aliphatic carbocycles. The van der Waals surface area contributed by atoms with Crippen LogP contribution in [-0.2, 0) is 11.0 Å². The molecule has 2 aromatic rings. The highest BCUT2D eigenvalue weighted by molar-refractivity contribution is 5.86. The van der Waals surface area contributed by atoms with Crippen molar-refractivity contribution in [1.29, 1.82) is 0 Å². The third-order valence-electron chi connectivity index (χ3n) is 3.53. The highest BCUT2D eigenvalue weighted by atomic mass is 15.1. The molecule has 0 saturated heterocycles. The molecule has 0 bridgehead atoms. The molecule has 98 valence electrons. The normalized spacial score (nSPS) is 13.3. The number of benzene rings is 1. The lowest BCUT2D eigenvalue weighted by molar-refractivity contribution is 0.399. The molecule has 1 aromatic heterocycles. The molecule has 1 aromatic carbocycles. The van der Waals surface area contributed by atoms with E-state index in [1.165, 1.54) is 22.2 Å². The lowest BCUT2D eigenvalue weighted by Crippen LogP contribution is -2.24. The fourth-order valence-electron chi connectivity index (χ4n) is 3.18. The van der Waals surface area contributed by atoms with Crippen LogP contribution in [0.3, 0.4) is 0 Å². The number of aromatic nitrogens is 1. The number of hydrogen-bond acceptors (Lipinski definition) is 0. The highest BCUT2D eigenvalue weighted by Crippen LogP contribution is 2.37. The van der Waals surface area contributed by atoms with Crippen molar-refractivity contribution in [2.75, 3.05) is 0 Å². The van der Waals surface area contributed by atoms with E-state index in [-0.39, 0.29) is 11.0 Å². The fraction of sp³-hybridized carbons (Fsp3) is 0.529. The number of para-hydroxylation sites is 1. The van der Waals surface area contributed by atoms with Crippen LogP contribution in [0, 0.1) is 6.92 Å². The summed E-state index contributed by atoms with van der Waals surface area (Å²) in [7, 11) is 0. The summed E-state index contributed by atoms with van der Waals surface area (Å²) in [6.45, 7) is 16.0. The van der Waals surface area contributed by atoms with Crippen LogP contribution < -0.4 is 0 Å². The van der Waals surface area contributed by atoms with Gasteiger partial charge in [0.1, 0.15) is 0 Å². The zero-order valence-corrected chi connectivity index (χ0v) is 12.8. The summed E-state index contributed by atoms with van der Waals surface area (Å²) in [6, 6.07) is 8.77. The first-order chi connectivity index (χ1) is 8.14. The maximum Gasteiger partial charge on any atom is 0.0490 e. The van der Waals surface area contributed by atoms with E-state index in [1.807, 2.05) is 0 Å². The number of nitrogens with zero attached hydrogens (tertiary/aromatic N) is 1. The monoisotopic (exact) mass is 243 g/mol. The molecule has 0 aliphatic rings. The number of fused-ring (bicyclic) bond motifs is 1. The third kappa shape index (κ3) is 1.96. The third-order valence-corrected chi connectivity index (χ3v) is 3.53. The molecule has 1 heterocycles. The van der Waals surface area contributed by atoms with E-state index in [1.54, 1.807) is 0 Å². The van der Waals surface area contributed by atoms with Gasteiger partial charge in [0.15, 0.2) is 0 Å². The van der Waals surface area contributed by atoms with Crippen LogP contribution in [0.25, 0.3) is 10.9 Å². The summed E-state index contributed by atoms with van der Waals surface area (Å²) in [6.07, 6.45) is 0. The van der Waals surface area contributed by atoms with E-state index in [0.29, 0.717) is 0 Å². The zero-order chi connectivity index (χ0) is 13.7. The zero-order valence-electron chi connectivity index (χ0n) is 12.8. The second-order valence-electron chi connectivity index (χ2n) is 7.23. The molecule has 0 aliphatic heterocycles. The summed E-state index contributed by atoms with van der Waals surface area (Å²) in [5.41, 5.74) is 4.53. The van der Waals surface area contributed by atoms with Crippen molar-refractivity contribution < 1.29 is 0 Å². The quantitative estimate of drug-likeness (QED) is 0.613. The van der Waals surface area contributed by atoms with Crippen molar-refractivity contribution in [2.24, 2.45) is 0 Å². The van der Waals surface area contributed by atoms with E-state index < -0.39 is 0 Å². The number of rotatable bonds is 0. The molecule has 1 nitrogen and oxygen atoms in total. The molecule has 1 heteroatoms. The van der Waals surface area contributed by atoms with Gasteiger partial charge in [0.05, 0.1) is 0 Å². The van der Waals surface area contributed by atoms with Crippen molar-refractivity contribution in [1.82, 2.24) is 4.57 Å². The van der Waals surface area contributed by atoms with Crippen LogP contribution >= 0.6 is 0 Å². The average Bonchev–Trinajstić information content (AvgIpc) is 2.47. The molecule has 0 amide bonds. The molecule has 0 fully saturated rings. The summed E-state index contributed by atoms with van der Waals surface area (Å²) < 4.78 is 2.48. The Morgan fingerprint density at radius 2 is 1.44 bits per heavy atom. The second-order valence-corrected chi connectivity index (χ2v) is 7.23. The van der Waals surface area contributed by atoms with Crippen LogP contribution in [0.15, 0.2) is 24.3 Å². The van der Waals surface area contributed by atoms with Gasteiger partial charge < -0.3 is 4.57 Å². The summed E-state index contributed by atoms with van der Waals surface area (Å²) >= 11 is 0. The molecule has 0 spiro atoms. The Kier molecular flexibility index (Phi) is 2.84. The molecule has 0 atom stereocenters. The van der Waals surface area contributed by atoms with Crippen molar-refractivity contribution in [3.05, 3.63) is 35.5 Å². The molecule has 0 radical (unpaired) electrons. The smallest absolute Gasteiger partial charge is 0.0490 e. The first-order valence-electron chi connectivity index (χ1n) is 6.75. The summed E-state index contributed by atoms with van der Waals surface area (Å²) in [5.74, 6) is 0. The highest BCUT2D eigenvalue weighted by Gasteiger charge is 2.27. The maximum absolute atomic E-state index is 2.48. The minimum Gasteiger partial charge on any atom is -0.339 e. The Morgan fingerprint density at radius 3 is 1.94 bits per heavy atom. The van der Waals surface area contributed by atoms with Gasteiger partial charge in [-0.15, -0.1) is 0 Å². The molecular formula is C17H25N. The van der Waals surface area contributed by atoms with Gasteiger partial charge in [0, 0.05) is 22.1 Å². The Hall–Kier alpha value is -1.24. The van der Waals surface area contributed by atoms with Gasteiger partial charge in [0.25, 0.3) is 0 Å². The van der Waals surface area contributed by atoms with Crippen molar-refractivity contribution in [3.8, 4) is 0 Å². The standard InChI is InChI=1S/C17H25N/c1-12-15(16(2,3)4)13-10-8-9-11-14(13)18(12)17(5,6)7/h8-11H,1-7H3. The van der Waals surface area contributed by atoms with E-state index >= 15 is 0 Å². The van der Waals surface area contributed by atoms with Gasteiger partial charge in [-0.05, 0) is 44.7 Å². The van der Waals surface area contributed by atoms with E-state index in [0.717, 1.165) is 0 Å². The van der Waals surface area contributed by atoms with Gasteiger partial charge >= 0.3 is 0 Å². The number of hydrogen-bond donors (Lipinski definition) is 0. The predicted molar refractivity (Wildman–Crippen MR) is 80.4 cm³/mol. The topological polar surface area (TPSA) is 4.93 Å². The van der Waals surface area contributed by atoms with Crippen LogP contribution in [-0.4, -0.2) is 4.57 Å². The Morgan fingerprint density at radius 1 is 0.889 bits per heavy atom. The lowest BCUT2D eigenvalue weighted by Gasteiger charge is -2.26. The molecule has 18 heavy (non-hydrogen) atoms. The van der Waals surface area contributed by atoms with Gasteiger partial charge in [-0.3, -0.25) is 0 Å². The minimum atomic E-state index is 0.118. The first kappa shape index (κ1) is 13.2. The van der Waals surface area contributed by atoms with Crippen molar-refractivity contribution in [3.63, 3.8) is 0 Å². The second kappa shape index (κ2) is 3.88. The lowest BCUT2D eigenvalue weighted by atomic mass is 9.85. The Balaban J connectivity index is 2.94. The molecular weight excluding hydrogens is 218 g/mol. The van der Waals surface area contributed by atoms with Crippen LogP contribution in [0.1, 0.15) is 52.8 Å². The molecule has 0 N–H and O–H groups in total. The fourth-order valence-corrected chi connectivity index (χ4v) is 3.18. The Bertz CT molecular complexity index is 523. The first-order valence-corrected chi connectivity index (χ1v) is 6.75. The van der Waals surface area contributed by atoms with Crippen molar-refractivity contribution >= 4 is 10.9 Å². The summed E-state index contributed by atoms with van der Waals surface area (Å²) in [4.78, 5) is 0. The SMILES string of the molecule is Cc1c(C(C)(C)C)c2ccccc2n1C(C)(C)C. The minimum absolute atomic E-state index is 0.118. The van der Waals surface area contributed by atoms with E-state index in [2.05, 4.69) is 77.3 Å². The van der Waals surface area contributed by atoms with E-state index in [4.69, 9.17) is 0 Å². The maximum atomic E-state index is 2.48. The van der Waals surface area contributed by atoms with Crippen LogP contribution in [0.2, 0.25) is 0 Å². The molecule has 0 saturated carbocycles.